The Hall–Kier alpha value is -3.90. The van der Waals surface area contributed by atoms with Crippen molar-refractivity contribution < 1.29 is 23.5 Å². The number of amides is 2. The summed E-state index contributed by atoms with van der Waals surface area (Å²) in [5.41, 5.74) is 2.65. The van der Waals surface area contributed by atoms with Crippen molar-refractivity contribution in [1.29, 1.82) is 0 Å². The fraction of sp³-hybridized carbons (Fsp3) is 0.387. The lowest BCUT2D eigenvalue weighted by atomic mass is 10.1. The van der Waals surface area contributed by atoms with E-state index < -0.39 is 5.25 Å². The summed E-state index contributed by atoms with van der Waals surface area (Å²) in [5.74, 6) is -0.200. The van der Waals surface area contributed by atoms with Gasteiger partial charge in [-0.1, -0.05) is 48.5 Å². The van der Waals surface area contributed by atoms with Gasteiger partial charge in [-0.25, -0.2) is 4.79 Å². The molecule has 10 nitrogen and oxygen atoms in total. The molecule has 226 valence electrons. The lowest BCUT2D eigenvalue weighted by molar-refractivity contribution is -0.115. The van der Waals surface area contributed by atoms with Crippen molar-refractivity contribution in [1.82, 2.24) is 20.1 Å². The van der Waals surface area contributed by atoms with Gasteiger partial charge in [0.05, 0.1) is 30.2 Å². The highest BCUT2D eigenvalue weighted by Crippen LogP contribution is 2.38. The number of benzene rings is 1. The van der Waals surface area contributed by atoms with Crippen molar-refractivity contribution in [3.8, 4) is 0 Å². The Morgan fingerprint density at radius 2 is 1.91 bits per heavy atom. The Balaban J connectivity index is 1.32. The Morgan fingerprint density at radius 3 is 2.67 bits per heavy atom. The van der Waals surface area contributed by atoms with Crippen molar-refractivity contribution in [2.75, 3.05) is 11.9 Å². The average Bonchev–Trinajstić information content (AvgIpc) is 3.72. The third-order valence-electron chi connectivity index (χ3n) is 7.20. The van der Waals surface area contributed by atoms with Crippen LogP contribution in [-0.4, -0.2) is 44.4 Å². The van der Waals surface area contributed by atoms with Gasteiger partial charge in [-0.3, -0.25) is 9.59 Å². The lowest BCUT2D eigenvalue weighted by Crippen LogP contribution is -2.25. The number of nitrogens with one attached hydrogen (secondary N) is 2. The molecule has 0 radical (unpaired) electrons. The molecule has 0 fully saturated rings. The Bertz CT molecular complexity index is 1550. The number of thiophene rings is 1. The summed E-state index contributed by atoms with van der Waals surface area (Å²) in [6, 6.07) is 13.3. The monoisotopic (exact) mass is 621 g/mol. The molecule has 0 bridgehead atoms. The molecule has 12 heteroatoms. The molecule has 43 heavy (non-hydrogen) atoms. The Kier molecular flexibility index (Phi) is 10.3. The van der Waals surface area contributed by atoms with Crippen LogP contribution in [0.25, 0.3) is 0 Å². The summed E-state index contributed by atoms with van der Waals surface area (Å²) in [6.45, 7) is 4.56. The van der Waals surface area contributed by atoms with Gasteiger partial charge >= 0.3 is 5.97 Å². The SMILES string of the molecule is CCOC(=O)c1c(NC(=O)C(C)Sc2nnc(CNC(=O)c3ccco3)n2CCc2ccccc2)sc2c1CCCCC2. The first kappa shape index (κ1) is 30.6. The number of carbonyl (C=O) groups excluding carboxylic acids is 3. The molecule has 2 N–H and O–H groups in total. The number of hydrogen-bond acceptors (Lipinski definition) is 9. The average molecular weight is 622 g/mol. The number of ether oxygens (including phenoxy) is 1. The molecule has 1 aliphatic rings. The molecule has 0 saturated carbocycles. The minimum absolute atomic E-state index is 0.145. The molecule has 1 unspecified atom stereocenters. The van der Waals surface area contributed by atoms with E-state index in [0.29, 0.717) is 28.1 Å². The summed E-state index contributed by atoms with van der Waals surface area (Å²) >= 11 is 2.76. The normalized spacial score (nSPS) is 13.5. The maximum absolute atomic E-state index is 13.5. The van der Waals surface area contributed by atoms with E-state index in [1.165, 1.54) is 29.4 Å². The highest BCUT2D eigenvalue weighted by atomic mass is 32.2. The fourth-order valence-corrected chi connectivity index (χ4v) is 7.15. The van der Waals surface area contributed by atoms with E-state index in [4.69, 9.17) is 9.15 Å². The fourth-order valence-electron chi connectivity index (χ4n) is 4.98. The van der Waals surface area contributed by atoms with Gasteiger partial charge in [0.2, 0.25) is 5.91 Å². The smallest absolute Gasteiger partial charge is 0.341 e. The number of aromatic nitrogens is 3. The largest absolute Gasteiger partial charge is 0.462 e. The van der Waals surface area contributed by atoms with Crippen LogP contribution in [0.4, 0.5) is 5.00 Å². The summed E-state index contributed by atoms with van der Waals surface area (Å²) in [5, 5.41) is 15.2. The van der Waals surface area contributed by atoms with Gasteiger partial charge in [-0.2, -0.15) is 0 Å². The molecule has 0 saturated heterocycles. The van der Waals surface area contributed by atoms with Crippen molar-refractivity contribution in [3.05, 3.63) is 81.9 Å². The first-order valence-corrected chi connectivity index (χ1v) is 16.2. The maximum Gasteiger partial charge on any atom is 0.341 e. The molecule has 1 atom stereocenters. The van der Waals surface area contributed by atoms with Crippen LogP contribution in [0.5, 0.6) is 0 Å². The van der Waals surface area contributed by atoms with Gasteiger partial charge in [0.1, 0.15) is 5.00 Å². The van der Waals surface area contributed by atoms with E-state index >= 15 is 0 Å². The molecule has 3 aromatic heterocycles. The van der Waals surface area contributed by atoms with Crippen molar-refractivity contribution in [3.63, 3.8) is 0 Å². The molecular formula is C31H35N5O5S2. The maximum atomic E-state index is 13.5. The van der Waals surface area contributed by atoms with Crippen LogP contribution in [0.3, 0.4) is 0 Å². The highest BCUT2D eigenvalue weighted by molar-refractivity contribution is 8.00. The van der Waals surface area contributed by atoms with E-state index in [1.807, 2.05) is 22.8 Å². The summed E-state index contributed by atoms with van der Waals surface area (Å²) in [6.07, 6.45) is 7.08. The Morgan fingerprint density at radius 1 is 1.09 bits per heavy atom. The number of nitrogens with zero attached hydrogens (tertiary/aromatic N) is 3. The van der Waals surface area contributed by atoms with Crippen molar-refractivity contribution >= 4 is 45.9 Å². The standard InChI is InChI=1S/C31H35N5O5S2/c1-3-40-30(39)26-22-13-8-5-9-15-24(22)43-29(26)33-27(37)20(2)42-31-35-34-25(19-32-28(38)23-14-10-18-41-23)36(31)17-16-21-11-6-4-7-12-21/h4,6-7,10-12,14,18,20H,3,5,8-9,13,15-17,19H2,1-2H3,(H,32,38)(H,33,37). The van der Waals surface area contributed by atoms with E-state index in [0.717, 1.165) is 54.5 Å². The van der Waals surface area contributed by atoms with Crippen molar-refractivity contribution in [2.24, 2.45) is 0 Å². The predicted octanol–water partition coefficient (Wildman–Crippen LogP) is 5.67. The number of esters is 1. The van der Waals surface area contributed by atoms with Crippen LogP contribution in [0, 0.1) is 0 Å². The van der Waals surface area contributed by atoms with E-state index in [2.05, 4.69) is 33.0 Å². The second kappa shape index (κ2) is 14.5. The predicted molar refractivity (Wildman–Crippen MR) is 166 cm³/mol. The molecule has 3 heterocycles. The molecule has 1 aliphatic carbocycles. The van der Waals surface area contributed by atoms with Gasteiger partial charge in [0, 0.05) is 11.4 Å². The third kappa shape index (κ3) is 7.55. The highest BCUT2D eigenvalue weighted by Gasteiger charge is 2.28. The van der Waals surface area contributed by atoms with Gasteiger partial charge in [-0.05, 0) is 69.2 Å². The topological polar surface area (TPSA) is 128 Å². The quantitative estimate of drug-likeness (QED) is 0.118. The zero-order valence-corrected chi connectivity index (χ0v) is 25.9. The Labute approximate surface area is 258 Å². The van der Waals surface area contributed by atoms with Gasteiger partial charge in [-0.15, -0.1) is 21.5 Å². The van der Waals surface area contributed by atoms with Gasteiger partial charge in [0.15, 0.2) is 16.7 Å². The first-order chi connectivity index (χ1) is 20.9. The number of fused-ring (bicyclic) bond motifs is 1. The number of furan rings is 1. The van der Waals surface area contributed by atoms with Crippen LogP contribution in [0.15, 0.2) is 58.3 Å². The van der Waals surface area contributed by atoms with E-state index in [-0.39, 0.29) is 36.7 Å². The summed E-state index contributed by atoms with van der Waals surface area (Å²) < 4.78 is 12.5. The molecular weight excluding hydrogens is 587 g/mol. The zero-order chi connectivity index (χ0) is 30.2. The van der Waals surface area contributed by atoms with Gasteiger partial charge < -0.3 is 24.4 Å². The second-order valence-electron chi connectivity index (χ2n) is 10.2. The number of carbonyl (C=O) groups is 3. The molecule has 5 rings (SSSR count). The van der Waals surface area contributed by atoms with Crippen LogP contribution < -0.4 is 10.6 Å². The molecule has 4 aromatic rings. The number of anilines is 1. The van der Waals surface area contributed by atoms with E-state index in [1.54, 1.807) is 26.0 Å². The van der Waals surface area contributed by atoms with E-state index in [9.17, 15) is 14.4 Å². The van der Waals surface area contributed by atoms with Gasteiger partial charge in [0.25, 0.3) is 5.91 Å². The third-order valence-corrected chi connectivity index (χ3v) is 9.49. The molecule has 2 amide bonds. The number of aryl methyl sites for hydroxylation is 2. The minimum Gasteiger partial charge on any atom is -0.462 e. The number of hydrogen-bond donors (Lipinski definition) is 2. The van der Waals surface area contributed by atoms with Crippen LogP contribution in [0.2, 0.25) is 0 Å². The summed E-state index contributed by atoms with van der Waals surface area (Å²) in [4.78, 5) is 40.0. The van der Waals surface area contributed by atoms with Crippen LogP contribution in [0.1, 0.15) is 75.9 Å². The molecule has 0 aliphatic heterocycles. The first-order valence-electron chi connectivity index (χ1n) is 14.5. The zero-order valence-electron chi connectivity index (χ0n) is 24.3. The second-order valence-corrected chi connectivity index (χ2v) is 12.6. The lowest BCUT2D eigenvalue weighted by Gasteiger charge is -2.14. The number of rotatable bonds is 12. The van der Waals surface area contributed by atoms with Crippen molar-refractivity contribution in [2.45, 2.75) is 75.9 Å². The van der Waals surface area contributed by atoms with Crippen LogP contribution in [-0.2, 0) is 41.9 Å². The van der Waals surface area contributed by atoms with Crippen LogP contribution >= 0.6 is 23.1 Å². The number of thioether (sulfide) groups is 1. The minimum atomic E-state index is -0.540. The molecule has 0 spiro atoms. The summed E-state index contributed by atoms with van der Waals surface area (Å²) in [7, 11) is 0. The molecule has 1 aromatic carbocycles.